The number of hydrogen-bond donors (Lipinski definition) is 1. The SMILES string of the molecule is CNCC1(CN(C)C(C)c2cccc(Cl)c2)CCCCC1. The van der Waals surface area contributed by atoms with Gasteiger partial charge in [-0.3, -0.25) is 4.90 Å². The zero-order valence-corrected chi connectivity index (χ0v) is 14.4. The van der Waals surface area contributed by atoms with Gasteiger partial charge in [-0.25, -0.2) is 0 Å². The average molecular weight is 309 g/mol. The summed E-state index contributed by atoms with van der Waals surface area (Å²) in [6.07, 6.45) is 6.85. The summed E-state index contributed by atoms with van der Waals surface area (Å²) in [7, 11) is 4.33. The van der Waals surface area contributed by atoms with Crippen molar-refractivity contribution < 1.29 is 0 Å². The van der Waals surface area contributed by atoms with E-state index < -0.39 is 0 Å². The van der Waals surface area contributed by atoms with Crippen LogP contribution in [0, 0.1) is 5.41 Å². The second-order valence-corrected chi connectivity index (χ2v) is 7.17. The molecule has 2 nitrogen and oxygen atoms in total. The fraction of sp³-hybridized carbons (Fsp3) is 0.667. The Morgan fingerprint density at radius 2 is 2.00 bits per heavy atom. The van der Waals surface area contributed by atoms with Crippen molar-refractivity contribution >= 4 is 11.6 Å². The fourth-order valence-corrected chi connectivity index (χ4v) is 3.95. The van der Waals surface area contributed by atoms with Gasteiger partial charge in [0.25, 0.3) is 0 Å². The molecule has 2 rings (SSSR count). The summed E-state index contributed by atoms with van der Waals surface area (Å²) in [6.45, 7) is 4.56. The predicted octanol–water partition coefficient (Wildman–Crippen LogP) is 4.50. The minimum atomic E-state index is 0.402. The molecule has 0 saturated heterocycles. The van der Waals surface area contributed by atoms with E-state index in [1.807, 2.05) is 12.1 Å². The van der Waals surface area contributed by atoms with Gasteiger partial charge >= 0.3 is 0 Å². The zero-order chi connectivity index (χ0) is 15.3. The Morgan fingerprint density at radius 3 is 2.62 bits per heavy atom. The van der Waals surface area contributed by atoms with Crippen LogP contribution in [0.1, 0.15) is 50.6 Å². The van der Waals surface area contributed by atoms with Gasteiger partial charge in [0.2, 0.25) is 0 Å². The van der Waals surface area contributed by atoms with Crippen molar-refractivity contribution in [2.45, 2.75) is 45.1 Å². The largest absolute Gasteiger partial charge is 0.319 e. The van der Waals surface area contributed by atoms with Crippen LogP contribution in [0.2, 0.25) is 5.02 Å². The maximum absolute atomic E-state index is 6.13. The highest BCUT2D eigenvalue weighted by molar-refractivity contribution is 6.30. The third-order valence-electron chi connectivity index (χ3n) is 5.04. The highest BCUT2D eigenvalue weighted by atomic mass is 35.5. The first-order valence-electron chi connectivity index (χ1n) is 8.17. The Bertz CT molecular complexity index is 435. The molecule has 1 aliphatic rings. The van der Waals surface area contributed by atoms with E-state index in [4.69, 9.17) is 11.6 Å². The molecule has 1 fully saturated rings. The predicted molar refractivity (Wildman–Crippen MR) is 91.9 cm³/mol. The molecule has 21 heavy (non-hydrogen) atoms. The normalized spacial score (nSPS) is 19.7. The molecule has 1 N–H and O–H groups in total. The molecule has 0 aliphatic heterocycles. The third kappa shape index (κ3) is 4.45. The molecule has 118 valence electrons. The van der Waals surface area contributed by atoms with Gasteiger partial charge in [-0.2, -0.15) is 0 Å². The molecular weight excluding hydrogens is 280 g/mol. The quantitative estimate of drug-likeness (QED) is 0.832. The van der Waals surface area contributed by atoms with Crippen molar-refractivity contribution in [1.29, 1.82) is 0 Å². The summed E-state index contributed by atoms with van der Waals surface area (Å²) in [5.41, 5.74) is 1.75. The molecule has 3 heteroatoms. The van der Waals surface area contributed by atoms with Crippen molar-refractivity contribution in [1.82, 2.24) is 10.2 Å². The molecule has 0 amide bonds. The minimum absolute atomic E-state index is 0.402. The maximum atomic E-state index is 6.13. The van der Waals surface area contributed by atoms with E-state index in [1.54, 1.807) is 0 Å². The molecule has 0 spiro atoms. The van der Waals surface area contributed by atoms with Gasteiger partial charge in [0.05, 0.1) is 0 Å². The van der Waals surface area contributed by atoms with Gasteiger partial charge in [-0.1, -0.05) is 43.0 Å². The molecule has 0 radical (unpaired) electrons. The Balaban J connectivity index is 2.05. The van der Waals surface area contributed by atoms with E-state index in [-0.39, 0.29) is 0 Å². The van der Waals surface area contributed by atoms with Crippen LogP contribution < -0.4 is 5.32 Å². The molecule has 1 atom stereocenters. The molecule has 1 saturated carbocycles. The molecule has 0 bridgehead atoms. The Labute approximate surface area is 134 Å². The Hall–Kier alpha value is -0.570. The lowest BCUT2D eigenvalue weighted by atomic mass is 9.73. The van der Waals surface area contributed by atoms with E-state index >= 15 is 0 Å². The molecule has 0 aromatic heterocycles. The smallest absolute Gasteiger partial charge is 0.0409 e. The highest BCUT2D eigenvalue weighted by Crippen LogP contribution is 2.38. The van der Waals surface area contributed by atoms with Crippen LogP contribution in [0.4, 0.5) is 0 Å². The lowest BCUT2D eigenvalue weighted by molar-refractivity contribution is 0.0989. The van der Waals surface area contributed by atoms with Crippen molar-refractivity contribution in [2.24, 2.45) is 5.41 Å². The van der Waals surface area contributed by atoms with E-state index in [2.05, 4.69) is 43.4 Å². The Kier molecular flexibility index (Phi) is 6.09. The first-order valence-corrected chi connectivity index (χ1v) is 8.54. The summed E-state index contributed by atoms with van der Waals surface area (Å²) in [6, 6.07) is 8.67. The number of rotatable bonds is 6. The summed E-state index contributed by atoms with van der Waals surface area (Å²) in [5.74, 6) is 0. The first kappa shape index (κ1) is 16.8. The molecule has 1 aromatic carbocycles. The zero-order valence-electron chi connectivity index (χ0n) is 13.7. The number of benzene rings is 1. The number of halogens is 1. The van der Waals surface area contributed by atoms with Crippen LogP contribution in [0.25, 0.3) is 0 Å². The molecular formula is C18H29ClN2. The summed E-state index contributed by atoms with van der Waals surface area (Å²) in [4.78, 5) is 2.49. The van der Waals surface area contributed by atoms with Crippen LogP contribution >= 0.6 is 11.6 Å². The highest BCUT2D eigenvalue weighted by Gasteiger charge is 2.33. The van der Waals surface area contributed by atoms with Crippen molar-refractivity contribution in [3.05, 3.63) is 34.9 Å². The van der Waals surface area contributed by atoms with E-state index in [1.165, 1.54) is 37.7 Å². The minimum Gasteiger partial charge on any atom is -0.319 e. The van der Waals surface area contributed by atoms with Crippen LogP contribution in [-0.4, -0.2) is 32.1 Å². The summed E-state index contributed by atoms with van der Waals surface area (Å²) >= 11 is 6.13. The number of hydrogen-bond acceptors (Lipinski definition) is 2. The molecule has 1 unspecified atom stereocenters. The van der Waals surface area contributed by atoms with Crippen molar-refractivity contribution in [2.75, 3.05) is 27.2 Å². The first-order chi connectivity index (χ1) is 10.1. The number of nitrogens with one attached hydrogen (secondary N) is 1. The van der Waals surface area contributed by atoms with Crippen molar-refractivity contribution in [3.63, 3.8) is 0 Å². The van der Waals surface area contributed by atoms with Gasteiger partial charge in [0, 0.05) is 24.2 Å². The topological polar surface area (TPSA) is 15.3 Å². The molecule has 1 aromatic rings. The maximum Gasteiger partial charge on any atom is 0.0409 e. The van der Waals surface area contributed by atoms with E-state index in [9.17, 15) is 0 Å². The van der Waals surface area contributed by atoms with E-state index in [0.717, 1.165) is 18.1 Å². The van der Waals surface area contributed by atoms with Crippen molar-refractivity contribution in [3.8, 4) is 0 Å². The average Bonchev–Trinajstić information content (AvgIpc) is 2.47. The second kappa shape index (κ2) is 7.62. The lowest BCUT2D eigenvalue weighted by Crippen LogP contribution is -2.44. The van der Waals surface area contributed by atoms with E-state index in [0.29, 0.717) is 11.5 Å². The fourth-order valence-electron chi connectivity index (χ4n) is 3.75. The third-order valence-corrected chi connectivity index (χ3v) is 5.28. The number of nitrogens with zero attached hydrogens (tertiary/aromatic N) is 1. The second-order valence-electron chi connectivity index (χ2n) is 6.74. The van der Waals surface area contributed by atoms with Gasteiger partial charge in [0.15, 0.2) is 0 Å². The van der Waals surface area contributed by atoms with Crippen LogP contribution in [0.15, 0.2) is 24.3 Å². The monoisotopic (exact) mass is 308 g/mol. The lowest BCUT2D eigenvalue weighted by Gasteiger charge is -2.42. The summed E-state index contributed by atoms with van der Waals surface area (Å²) in [5, 5.41) is 4.25. The standard InChI is InChI=1S/C18H29ClN2/c1-15(16-8-7-9-17(19)12-16)21(3)14-18(13-20-2)10-5-4-6-11-18/h7-9,12,15,20H,4-6,10-11,13-14H2,1-3H3. The van der Waals surface area contributed by atoms with Gasteiger partial charge in [-0.05, 0) is 57.0 Å². The van der Waals surface area contributed by atoms with Gasteiger partial charge in [-0.15, -0.1) is 0 Å². The Morgan fingerprint density at radius 1 is 1.29 bits per heavy atom. The molecule has 1 aliphatic carbocycles. The summed E-state index contributed by atoms with van der Waals surface area (Å²) < 4.78 is 0. The van der Waals surface area contributed by atoms with Gasteiger partial charge < -0.3 is 5.32 Å². The van der Waals surface area contributed by atoms with Crippen LogP contribution in [0.3, 0.4) is 0 Å². The molecule has 0 heterocycles. The van der Waals surface area contributed by atoms with Gasteiger partial charge in [0.1, 0.15) is 0 Å². The van der Waals surface area contributed by atoms with Crippen LogP contribution in [-0.2, 0) is 0 Å². The van der Waals surface area contributed by atoms with Crippen LogP contribution in [0.5, 0.6) is 0 Å².